The molecular formula is C16H27F3N6. The minimum absolute atomic E-state index is 0.350. The number of halogens is 3. The molecule has 0 aromatic carbocycles. The predicted molar refractivity (Wildman–Crippen MR) is 91.4 cm³/mol. The van der Waals surface area contributed by atoms with Crippen molar-refractivity contribution in [2.75, 3.05) is 39.8 Å². The molecule has 6 nitrogen and oxygen atoms in total. The van der Waals surface area contributed by atoms with Crippen molar-refractivity contribution in [3.63, 3.8) is 0 Å². The van der Waals surface area contributed by atoms with Gasteiger partial charge in [0.1, 0.15) is 6.04 Å². The van der Waals surface area contributed by atoms with E-state index in [0.29, 0.717) is 32.1 Å². The maximum atomic E-state index is 12.8. The second-order valence-electron chi connectivity index (χ2n) is 6.50. The Morgan fingerprint density at radius 2 is 1.92 bits per heavy atom. The lowest BCUT2D eigenvalue weighted by Crippen LogP contribution is -2.57. The van der Waals surface area contributed by atoms with E-state index < -0.39 is 12.2 Å². The molecule has 25 heavy (non-hydrogen) atoms. The van der Waals surface area contributed by atoms with Crippen LogP contribution in [0, 0.1) is 5.92 Å². The van der Waals surface area contributed by atoms with Crippen molar-refractivity contribution in [1.29, 1.82) is 0 Å². The Hall–Kier alpha value is -1.77. The molecule has 9 heteroatoms. The molecule has 1 aromatic heterocycles. The van der Waals surface area contributed by atoms with Crippen LogP contribution in [-0.4, -0.2) is 77.5 Å². The molecule has 142 valence electrons. The Labute approximate surface area is 146 Å². The summed E-state index contributed by atoms with van der Waals surface area (Å²) in [4.78, 5) is 7.76. The monoisotopic (exact) mass is 360 g/mol. The number of rotatable bonds is 5. The fourth-order valence-corrected chi connectivity index (χ4v) is 2.92. The summed E-state index contributed by atoms with van der Waals surface area (Å²) < 4.78 is 40.3. The molecule has 0 spiro atoms. The van der Waals surface area contributed by atoms with Gasteiger partial charge in [0.15, 0.2) is 5.96 Å². The van der Waals surface area contributed by atoms with Crippen molar-refractivity contribution in [2.24, 2.45) is 10.9 Å². The van der Waals surface area contributed by atoms with E-state index in [4.69, 9.17) is 0 Å². The summed E-state index contributed by atoms with van der Waals surface area (Å²) in [6, 6.07) is 0.485. The van der Waals surface area contributed by atoms with Gasteiger partial charge in [0, 0.05) is 58.7 Å². The smallest absolute Gasteiger partial charge is 0.356 e. The molecule has 0 saturated carbocycles. The van der Waals surface area contributed by atoms with E-state index >= 15 is 0 Å². The van der Waals surface area contributed by atoms with Gasteiger partial charge in [0.2, 0.25) is 0 Å². The summed E-state index contributed by atoms with van der Waals surface area (Å²) in [7, 11) is 1.70. The van der Waals surface area contributed by atoms with Gasteiger partial charge in [-0.05, 0) is 18.9 Å². The zero-order valence-corrected chi connectivity index (χ0v) is 15.0. The van der Waals surface area contributed by atoms with Gasteiger partial charge in [-0.3, -0.25) is 14.6 Å². The fourth-order valence-electron chi connectivity index (χ4n) is 2.92. The van der Waals surface area contributed by atoms with Gasteiger partial charge in [-0.2, -0.15) is 18.3 Å². The zero-order valence-electron chi connectivity index (χ0n) is 15.0. The number of aromatic nitrogens is 2. The quantitative estimate of drug-likeness (QED) is 0.641. The molecule has 1 aliphatic rings. The lowest BCUT2D eigenvalue weighted by molar-refractivity contribution is -0.181. The third-order valence-electron chi connectivity index (χ3n) is 4.51. The standard InChI is InChI=1S/C16H27F3N6/c1-13(12-25-6-4-5-22-25)11-21-15(20-3)24-9-7-23(8-10-24)14(2)16(17,18)19/h4-6,13-14H,7-12H2,1-3H3,(H,20,21). The van der Waals surface area contributed by atoms with Crippen LogP contribution in [0.4, 0.5) is 13.2 Å². The second kappa shape index (κ2) is 8.55. The molecule has 2 heterocycles. The summed E-state index contributed by atoms with van der Waals surface area (Å²) in [6.07, 6.45) is -0.503. The SMILES string of the molecule is CN=C(NCC(C)Cn1cccn1)N1CCN(C(C)C(F)(F)F)CC1. The van der Waals surface area contributed by atoms with Crippen LogP contribution < -0.4 is 5.32 Å². The molecule has 2 rings (SSSR count). The zero-order chi connectivity index (χ0) is 18.4. The maximum absolute atomic E-state index is 12.8. The number of nitrogens with one attached hydrogen (secondary N) is 1. The highest BCUT2D eigenvalue weighted by Crippen LogP contribution is 2.25. The van der Waals surface area contributed by atoms with Crippen LogP contribution in [-0.2, 0) is 6.54 Å². The number of hydrogen-bond acceptors (Lipinski definition) is 3. The first kappa shape index (κ1) is 19.6. The molecule has 2 unspecified atom stereocenters. The highest BCUT2D eigenvalue weighted by molar-refractivity contribution is 5.80. The van der Waals surface area contributed by atoms with E-state index in [1.807, 2.05) is 21.8 Å². The summed E-state index contributed by atoms with van der Waals surface area (Å²) in [5, 5.41) is 7.51. The highest BCUT2D eigenvalue weighted by Gasteiger charge is 2.41. The van der Waals surface area contributed by atoms with Gasteiger partial charge >= 0.3 is 6.18 Å². The van der Waals surface area contributed by atoms with Gasteiger partial charge in [-0.15, -0.1) is 0 Å². The molecule has 1 aromatic rings. The molecule has 1 aliphatic heterocycles. The van der Waals surface area contributed by atoms with Crippen LogP contribution >= 0.6 is 0 Å². The second-order valence-corrected chi connectivity index (χ2v) is 6.50. The Kier molecular flexibility index (Phi) is 6.69. The third-order valence-corrected chi connectivity index (χ3v) is 4.51. The molecule has 2 atom stereocenters. The summed E-state index contributed by atoms with van der Waals surface area (Å²) in [5.41, 5.74) is 0. The van der Waals surface area contributed by atoms with Crippen molar-refractivity contribution in [1.82, 2.24) is 24.9 Å². The molecule has 1 saturated heterocycles. The van der Waals surface area contributed by atoms with Gasteiger partial charge in [0.25, 0.3) is 0 Å². The maximum Gasteiger partial charge on any atom is 0.403 e. The Balaban J connectivity index is 1.78. The van der Waals surface area contributed by atoms with E-state index in [9.17, 15) is 13.2 Å². The van der Waals surface area contributed by atoms with Crippen molar-refractivity contribution in [2.45, 2.75) is 32.6 Å². The Bertz CT molecular complexity index is 535. The first-order valence-electron chi connectivity index (χ1n) is 8.55. The predicted octanol–water partition coefficient (Wildman–Crippen LogP) is 1.66. The van der Waals surface area contributed by atoms with E-state index in [-0.39, 0.29) is 0 Å². The number of aliphatic imine (C=N–C) groups is 1. The lowest BCUT2D eigenvalue weighted by atomic mass is 10.2. The van der Waals surface area contributed by atoms with Crippen LogP contribution in [0.1, 0.15) is 13.8 Å². The van der Waals surface area contributed by atoms with E-state index in [1.165, 1.54) is 11.8 Å². The molecule has 0 amide bonds. The van der Waals surface area contributed by atoms with Crippen LogP contribution in [0.2, 0.25) is 0 Å². The molecule has 0 bridgehead atoms. The van der Waals surface area contributed by atoms with E-state index in [0.717, 1.165) is 19.0 Å². The van der Waals surface area contributed by atoms with Crippen LogP contribution in [0.5, 0.6) is 0 Å². The average molecular weight is 360 g/mol. The minimum atomic E-state index is -4.18. The lowest BCUT2D eigenvalue weighted by Gasteiger charge is -2.39. The first-order chi connectivity index (χ1) is 11.8. The number of alkyl halides is 3. The number of hydrogen-bond donors (Lipinski definition) is 1. The van der Waals surface area contributed by atoms with Crippen LogP contribution in [0.25, 0.3) is 0 Å². The number of piperazine rings is 1. The van der Waals surface area contributed by atoms with Crippen molar-refractivity contribution in [3.8, 4) is 0 Å². The third kappa shape index (κ3) is 5.62. The van der Waals surface area contributed by atoms with Gasteiger partial charge in [-0.25, -0.2) is 0 Å². The van der Waals surface area contributed by atoms with Crippen molar-refractivity contribution >= 4 is 5.96 Å². The fraction of sp³-hybridized carbons (Fsp3) is 0.750. The first-order valence-corrected chi connectivity index (χ1v) is 8.55. The van der Waals surface area contributed by atoms with Crippen molar-refractivity contribution < 1.29 is 13.2 Å². The number of guanidine groups is 1. The molecule has 1 N–H and O–H groups in total. The summed E-state index contributed by atoms with van der Waals surface area (Å²) in [6.45, 7) is 6.69. The topological polar surface area (TPSA) is 48.7 Å². The largest absolute Gasteiger partial charge is 0.403 e. The molecule has 0 aliphatic carbocycles. The van der Waals surface area contributed by atoms with Gasteiger partial charge in [0.05, 0.1) is 0 Å². The Morgan fingerprint density at radius 1 is 1.24 bits per heavy atom. The summed E-state index contributed by atoms with van der Waals surface area (Å²) in [5.74, 6) is 1.09. The van der Waals surface area contributed by atoms with Crippen molar-refractivity contribution in [3.05, 3.63) is 18.5 Å². The minimum Gasteiger partial charge on any atom is -0.356 e. The van der Waals surface area contributed by atoms with Crippen LogP contribution in [0.3, 0.4) is 0 Å². The van der Waals surface area contributed by atoms with Gasteiger partial charge in [-0.1, -0.05) is 6.92 Å². The van der Waals surface area contributed by atoms with E-state index in [2.05, 4.69) is 22.3 Å². The Morgan fingerprint density at radius 3 is 2.44 bits per heavy atom. The average Bonchev–Trinajstić information content (AvgIpc) is 3.07. The molecular weight excluding hydrogens is 333 g/mol. The molecule has 0 radical (unpaired) electrons. The van der Waals surface area contributed by atoms with E-state index in [1.54, 1.807) is 13.2 Å². The summed E-state index contributed by atoms with van der Waals surface area (Å²) >= 11 is 0. The normalized spacial score (nSPS) is 19.8. The van der Waals surface area contributed by atoms with Gasteiger partial charge < -0.3 is 10.2 Å². The molecule has 1 fully saturated rings. The van der Waals surface area contributed by atoms with Crippen LogP contribution in [0.15, 0.2) is 23.5 Å². The highest BCUT2D eigenvalue weighted by atomic mass is 19.4. The number of nitrogens with zero attached hydrogens (tertiary/aromatic N) is 5.